The van der Waals surface area contributed by atoms with Crippen molar-refractivity contribution in [1.29, 1.82) is 0 Å². The molecule has 0 aliphatic carbocycles. The second-order valence-electron chi connectivity index (χ2n) is 3.20. The number of benzene rings is 1. The number of hydrogen-bond donors (Lipinski definition) is 1. The number of rotatable bonds is 3. The molecule has 1 rings (SSSR count). The molecule has 76 valence electrons. The Morgan fingerprint density at radius 2 is 2.00 bits per heavy atom. The molecule has 0 saturated carbocycles. The van der Waals surface area contributed by atoms with Crippen molar-refractivity contribution in [3.63, 3.8) is 0 Å². The number of nitrogens with zero attached hydrogens (tertiary/aromatic N) is 1. The van der Waals surface area contributed by atoms with E-state index in [9.17, 15) is 0 Å². The Bertz CT molecular complexity index is 317. The van der Waals surface area contributed by atoms with Crippen molar-refractivity contribution in [3.8, 4) is 0 Å². The molecule has 1 aromatic carbocycles. The maximum absolute atomic E-state index is 5.79. The van der Waals surface area contributed by atoms with Gasteiger partial charge in [-0.05, 0) is 24.6 Å². The van der Waals surface area contributed by atoms with Crippen molar-refractivity contribution in [2.75, 3.05) is 0 Å². The largest absolute Gasteiger partial charge is 0.387 e. The first kappa shape index (κ1) is 11.1. The van der Waals surface area contributed by atoms with E-state index in [0.29, 0.717) is 5.84 Å². The van der Waals surface area contributed by atoms with Gasteiger partial charge in [-0.3, -0.25) is 4.99 Å². The first-order valence-electron chi connectivity index (χ1n) is 4.71. The lowest BCUT2D eigenvalue weighted by Gasteiger charge is -2.07. The monoisotopic (exact) mass is 210 g/mol. The lowest BCUT2D eigenvalue weighted by molar-refractivity contribution is 0.812. The van der Waals surface area contributed by atoms with Crippen LogP contribution in [0.4, 0.5) is 0 Å². The minimum absolute atomic E-state index is 0.104. The second-order valence-corrected chi connectivity index (χ2v) is 3.64. The van der Waals surface area contributed by atoms with Crippen LogP contribution in [0, 0.1) is 0 Å². The van der Waals surface area contributed by atoms with Gasteiger partial charge < -0.3 is 5.73 Å². The summed E-state index contributed by atoms with van der Waals surface area (Å²) in [4.78, 5) is 4.35. The van der Waals surface area contributed by atoms with Crippen LogP contribution in [0.1, 0.15) is 31.9 Å². The zero-order chi connectivity index (χ0) is 10.6. The molecule has 0 saturated heterocycles. The average molecular weight is 211 g/mol. The Kier molecular flexibility index (Phi) is 3.96. The third-order valence-corrected chi connectivity index (χ3v) is 2.33. The zero-order valence-electron chi connectivity index (χ0n) is 8.50. The molecule has 3 heteroatoms. The molecular formula is C11H15ClN2. The fourth-order valence-corrected chi connectivity index (χ4v) is 1.28. The quantitative estimate of drug-likeness (QED) is 0.604. The van der Waals surface area contributed by atoms with E-state index >= 15 is 0 Å². The van der Waals surface area contributed by atoms with Crippen molar-refractivity contribution in [3.05, 3.63) is 34.9 Å². The van der Waals surface area contributed by atoms with E-state index < -0.39 is 0 Å². The van der Waals surface area contributed by atoms with Crippen LogP contribution in [-0.2, 0) is 0 Å². The van der Waals surface area contributed by atoms with Gasteiger partial charge in [-0.1, -0.05) is 30.7 Å². The summed E-state index contributed by atoms with van der Waals surface area (Å²) >= 11 is 5.79. The van der Waals surface area contributed by atoms with Crippen LogP contribution in [0.25, 0.3) is 0 Å². The molecule has 0 spiro atoms. The van der Waals surface area contributed by atoms with Crippen LogP contribution in [0.15, 0.2) is 29.3 Å². The van der Waals surface area contributed by atoms with Crippen LogP contribution in [0.5, 0.6) is 0 Å². The van der Waals surface area contributed by atoms with E-state index in [1.807, 2.05) is 38.1 Å². The number of aliphatic imine (C=N–C) groups is 1. The first-order valence-corrected chi connectivity index (χ1v) is 5.09. The maximum Gasteiger partial charge on any atom is 0.0941 e. The molecule has 0 radical (unpaired) electrons. The molecule has 1 unspecified atom stereocenters. The number of halogens is 1. The van der Waals surface area contributed by atoms with Crippen LogP contribution >= 0.6 is 11.6 Å². The molecule has 0 fully saturated rings. The highest BCUT2D eigenvalue weighted by Gasteiger charge is 2.02. The normalized spacial score (nSPS) is 14.1. The van der Waals surface area contributed by atoms with E-state index in [1.165, 1.54) is 0 Å². The average Bonchev–Trinajstić information content (AvgIpc) is 2.18. The standard InChI is InChI=1S/C11H15ClN2/c1-3-11(13)14-8(2)9-4-6-10(12)7-5-9/h4-8H,3H2,1-2H3,(H2,13,14). The molecule has 0 aliphatic heterocycles. The Balaban J connectivity index is 2.79. The highest BCUT2D eigenvalue weighted by atomic mass is 35.5. The van der Waals surface area contributed by atoms with Gasteiger partial charge in [0.2, 0.25) is 0 Å². The van der Waals surface area contributed by atoms with Crippen LogP contribution in [-0.4, -0.2) is 5.84 Å². The van der Waals surface area contributed by atoms with Crippen molar-refractivity contribution < 1.29 is 0 Å². The number of amidine groups is 1. The minimum atomic E-state index is 0.104. The Morgan fingerprint density at radius 3 is 2.50 bits per heavy atom. The molecule has 2 N–H and O–H groups in total. The summed E-state index contributed by atoms with van der Waals surface area (Å²) in [6.45, 7) is 4.01. The summed E-state index contributed by atoms with van der Waals surface area (Å²) in [5.41, 5.74) is 6.80. The summed E-state index contributed by atoms with van der Waals surface area (Å²) in [6.07, 6.45) is 0.790. The van der Waals surface area contributed by atoms with Gasteiger partial charge in [-0.15, -0.1) is 0 Å². The predicted octanol–water partition coefficient (Wildman–Crippen LogP) is 3.17. The van der Waals surface area contributed by atoms with Crippen LogP contribution < -0.4 is 5.73 Å². The third kappa shape index (κ3) is 3.04. The van der Waals surface area contributed by atoms with Gasteiger partial charge in [-0.2, -0.15) is 0 Å². The molecule has 1 aromatic rings. The van der Waals surface area contributed by atoms with Gasteiger partial charge in [0.1, 0.15) is 0 Å². The molecule has 0 bridgehead atoms. The smallest absolute Gasteiger partial charge is 0.0941 e. The van der Waals surface area contributed by atoms with Crippen molar-refractivity contribution in [1.82, 2.24) is 0 Å². The Hall–Kier alpha value is -1.02. The first-order chi connectivity index (χ1) is 6.63. The lowest BCUT2D eigenvalue weighted by atomic mass is 10.1. The molecule has 2 nitrogen and oxygen atoms in total. The van der Waals surface area contributed by atoms with Gasteiger partial charge >= 0.3 is 0 Å². The van der Waals surface area contributed by atoms with Crippen molar-refractivity contribution in [2.24, 2.45) is 10.7 Å². The molecule has 0 heterocycles. The van der Waals surface area contributed by atoms with Gasteiger partial charge in [0.15, 0.2) is 0 Å². The third-order valence-electron chi connectivity index (χ3n) is 2.07. The molecule has 1 atom stereocenters. The van der Waals surface area contributed by atoms with Crippen molar-refractivity contribution >= 4 is 17.4 Å². The minimum Gasteiger partial charge on any atom is -0.387 e. The maximum atomic E-state index is 5.79. The predicted molar refractivity (Wildman–Crippen MR) is 61.8 cm³/mol. The van der Waals surface area contributed by atoms with E-state index in [0.717, 1.165) is 17.0 Å². The molecule has 0 amide bonds. The highest BCUT2D eigenvalue weighted by molar-refractivity contribution is 6.30. The van der Waals surface area contributed by atoms with Gasteiger partial charge in [-0.25, -0.2) is 0 Å². The van der Waals surface area contributed by atoms with Gasteiger partial charge in [0.05, 0.1) is 11.9 Å². The van der Waals surface area contributed by atoms with Gasteiger partial charge in [0, 0.05) is 11.4 Å². The summed E-state index contributed by atoms with van der Waals surface area (Å²) in [6, 6.07) is 7.78. The lowest BCUT2D eigenvalue weighted by Crippen LogP contribution is -2.11. The second kappa shape index (κ2) is 5.01. The van der Waals surface area contributed by atoms with Crippen LogP contribution in [0.3, 0.4) is 0 Å². The van der Waals surface area contributed by atoms with E-state index in [4.69, 9.17) is 17.3 Å². The van der Waals surface area contributed by atoms with E-state index in [1.54, 1.807) is 0 Å². The van der Waals surface area contributed by atoms with E-state index in [2.05, 4.69) is 4.99 Å². The summed E-state index contributed by atoms with van der Waals surface area (Å²) in [5, 5.41) is 0.744. The topological polar surface area (TPSA) is 38.4 Å². The summed E-state index contributed by atoms with van der Waals surface area (Å²) in [5.74, 6) is 0.687. The van der Waals surface area contributed by atoms with Gasteiger partial charge in [0.25, 0.3) is 0 Å². The van der Waals surface area contributed by atoms with Crippen molar-refractivity contribution in [2.45, 2.75) is 26.3 Å². The van der Waals surface area contributed by atoms with Crippen LogP contribution in [0.2, 0.25) is 5.02 Å². The SMILES string of the molecule is CCC(N)=NC(C)c1ccc(Cl)cc1. The number of hydrogen-bond acceptors (Lipinski definition) is 1. The van der Waals surface area contributed by atoms with E-state index in [-0.39, 0.29) is 6.04 Å². The Morgan fingerprint density at radius 1 is 1.43 bits per heavy atom. The molecule has 0 aliphatic rings. The fraction of sp³-hybridized carbons (Fsp3) is 0.364. The molecular weight excluding hydrogens is 196 g/mol. The highest BCUT2D eigenvalue weighted by Crippen LogP contribution is 2.19. The summed E-state index contributed by atoms with van der Waals surface area (Å²) < 4.78 is 0. The number of nitrogens with two attached hydrogens (primary N) is 1. The Labute approximate surface area is 89.8 Å². The molecule has 14 heavy (non-hydrogen) atoms. The summed E-state index contributed by atoms with van der Waals surface area (Å²) in [7, 11) is 0. The zero-order valence-corrected chi connectivity index (χ0v) is 9.25. The molecule has 0 aromatic heterocycles. The fourth-order valence-electron chi connectivity index (χ4n) is 1.16.